The van der Waals surface area contributed by atoms with Crippen molar-refractivity contribution < 1.29 is 23.0 Å². The maximum atomic E-state index is 12.7. The third-order valence-electron chi connectivity index (χ3n) is 3.04. The van der Waals surface area contributed by atoms with Crippen LogP contribution < -0.4 is 10.1 Å². The Morgan fingerprint density at radius 3 is 2.76 bits per heavy atom. The van der Waals surface area contributed by atoms with Crippen LogP contribution in [-0.2, 0) is 0 Å². The molecule has 1 aliphatic rings. The number of nitrogens with zero attached hydrogens (tertiary/aromatic N) is 1. The average molecular weight is 300 g/mol. The number of aliphatic hydroxyl groups is 1. The van der Waals surface area contributed by atoms with Crippen molar-refractivity contribution >= 4 is 11.9 Å². The van der Waals surface area contributed by atoms with Crippen LogP contribution in [0.1, 0.15) is 18.1 Å². The van der Waals surface area contributed by atoms with E-state index >= 15 is 0 Å². The fourth-order valence-electron chi connectivity index (χ4n) is 1.95. The molecule has 1 atom stereocenters. The number of nitrogens with one attached hydrogen (secondary N) is 1. The molecule has 0 saturated heterocycles. The van der Waals surface area contributed by atoms with Crippen LogP contribution in [0.5, 0.6) is 5.75 Å². The molecule has 21 heavy (non-hydrogen) atoms. The van der Waals surface area contributed by atoms with Gasteiger partial charge in [-0.25, -0.2) is 0 Å². The van der Waals surface area contributed by atoms with E-state index in [1.165, 1.54) is 25.3 Å². The maximum absolute atomic E-state index is 12.7. The quantitative estimate of drug-likeness (QED) is 0.878. The summed E-state index contributed by atoms with van der Waals surface area (Å²) in [4.78, 5) is 4.07. The first kappa shape index (κ1) is 15.4. The molecule has 1 aliphatic heterocycles. The van der Waals surface area contributed by atoms with Crippen LogP contribution in [-0.4, -0.2) is 31.2 Å². The van der Waals surface area contributed by atoms with Gasteiger partial charge in [-0.2, -0.15) is 13.2 Å². The predicted octanol–water partition coefficient (Wildman–Crippen LogP) is 3.06. The number of methoxy groups -OCH3 is 1. The van der Waals surface area contributed by atoms with E-state index in [4.69, 9.17) is 4.74 Å². The van der Waals surface area contributed by atoms with Gasteiger partial charge in [-0.3, -0.25) is 4.99 Å². The van der Waals surface area contributed by atoms with Gasteiger partial charge in [0, 0.05) is 30.0 Å². The molecule has 0 saturated carbocycles. The Bertz CT molecular complexity index is 568. The van der Waals surface area contributed by atoms with E-state index in [1.807, 2.05) is 6.08 Å². The van der Waals surface area contributed by atoms with Crippen molar-refractivity contribution in [2.75, 3.05) is 19.0 Å². The number of aliphatic imine (C=N–C) groups is 1. The van der Waals surface area contributed by atoms with Gasteiger partial charge in [0.15, 0.2) is 6.10 Å². The summed E-state index contributed by atoms with van der Waals surface area (Å²) in [5.41, 5.74) is 0.665. The molecule has 0 aromatic heterocycles. The van der Waals surface area contributed by atoms with E-state index in [9.17, 15) is 18.3 Å². The van der Waals surface area contributed by atoms with Crippen LogP contribution in [0.4, 0.5) is 18.9 Å². The monoisotopic (exact) mass is 300 g/mol. The SMILES string of the molecule is COc1ccc(C(O)C(F)(F)F)c(NCC2=CCC=N2)c1. The number of allylic oxidation sites excluding steroid dienone is 1. The van der Waals surface area contributed by atoms with Crippen LogP contribution in [0.2, 0.25) is 0 Å². The first-order valence-electron chi connectivity index (χ1n) is 6.30. The summed E-state index contributed by atoms with van der Waals surface area (Å²) in [6, 6.07) is 4.00. The molecule has 1 unspecified atom stereocenters. The van der Waals surface area contributed by atoms with Crippen molar-refractivity contribution in [3.8, 4) is 5.75 Å². The lowest BCUT2D eigenvalue weighted by atomic mass is 10.1. The smallest absolute Gasteiger partial charge is 0.418 e. The van der Waals surface area contributed by atoms with Crippen LogP contribution in [0.15, 0.2) is 35.0 Å². The van der Waals surface area contributed by atoms with Crippen molar-refractivity contribution in [2.45, 2.75) is 18.7 Å². The minimum Gasteiger partial charge on any atom is -0.497 e. The normalized spacial score (nSPS) is 15.8. The molecule has 1 aromatic rings. The lowest BCUT2D eigenvalue weighted by Gasteiger charge is -2.20. The Hall–Kier alpha value is -2.02. The topological polar surface area (TPSA) is 53.9 Å². The van der Waals surface area contributed by atoms with E-state index in [-0.39, 0.29) is 17.8 Å². The largest absolute Gasteiger partial charge is 0.497 e. The predicted molar refractivity (Wildman–Crippen MR) is 73.7 cm³/mol. The lowest BCUT2D eigenvalue weighted by molar-refractivity contribution is -0.206. The van der Waals surface area contributed by atoms with Gasteiger partial charge in [-0.15, -0.1) is 0 Å². The van der Waals surface area contributed by atoms with Gasteiger partial charge in [-0.1, -0.05) is 12.1 Å². The van der Waals surface area contributed by atoms with Gasteiger partial charge >= 0.3 is 6.18 Å². The fraction of sp³-hybridized carbons (Fsp3) is 0.357. The molecule has 0 radical (unpaired) electrons. The third kappa shape index (κ3) is 3.75. The molecular weight excluding hydrogens is 285 g/mol. The van der Waals surface area contributed by atoms with Gasteiger partial charge in [0.25, 0.3) is 0 Å². The van der Waals surface area contributed by atoms with Gasteiger partial charge in [0.1, 0.15) is 5.75 Å². The van der Waals surface area contributed by atoms with Crippen molar-refractivity contribution in [3.63, 3.8) is 0 Å². The zero-order valence-corrected chi connectivity index (χ0v) is 11.3. The summed E-state index contributed by atoms with van der Waals surface area (Å²) in [6.45, 7) is 0.279. The first-order valence-corrected chi connectivity index (χ1v) is 6.30. The van der Waals surface area contributed by atoms with Gasteiger partial charge in [-0.05, 0) is 6.07 Å². The standard InChI is InChI=1S/C14H15F3N2O2/c1-21-10-4-5-11(13(20)14(15,16)17)12(7-10)19-8-9-3-2-6-18-9/h3-7,13,19-20H,2,8H2,1H3. The summed E-state index contributed by atoms with van der Waals surface area (Å²) in [5.74, 6) is 0.402. The van der Waals surface area contributed by atoms with Gasteiger partial charge in [0.2, 0.25) is 0 Å². The van der Waals surface area contributed by atoms with Crippen LogP contribution in [0.3, 0.4) is 0 Å². The molecule has 2 rings (SSSR count). The van der Waals surface area contributed by atoms with Crippen molar-refractivity contribution in [2.24, 2.45) is 4.99 Å². The van der Waals surface area contributed by atoms with Gasteiger partial charge < -0.3 is 15.2 Å². The Kier molecular flexibility index (Phi) is 4.52. The number of alkyl halides is 3. The minimum absolute atomic E-state index is 0.169. The summed E-state index contributed by atoms with van der Waals surface area (Å²) in [5, 5.41) is 12.3. The number of anilines is 1. The second-order valence-corrected chi connectivity index (χ2v) is 4.49. The highest BCUT2D eigenvalue weighted by atomic mass is 19.4. The molecule has 4 nitrogen and oxygen atoms in total. The van der Waals surface area contributed by atoms with E-state index in [1.54, 1.807) is 6.21 Å². The van der Waals surface area contributed by atoms with Crippen molar-refractivity contribution in [1.82, 2.24) is 0 Å². The average Bonchev–Trinajstić information content (AvgIpc) is 2.96. The van der Waals surface area contributed by atoms with Gasteiger partial charge in [0.05, 0.1) is 19.4 Å². The lowest BCUT2D eigenvalue weighted by Crippen LogP contribution is -2.21. The summed E-state index contributed by atoms with van der Waals surface area (Å²) >= 11 is 0. The van der Waals surface area contributed by atoms with Crippen LogP contribution >= 0.6 is 0 Å². The summed E-state index contributed by atoms with van der Waals surface area (Å²) in [7, 11) is 1.42. The number of aliphatic hydroxyl groups excluding tert-OH is 1. The Balaban J connectivity index is 2.24. The molecule has 1 aromatic carbocycles. The number of benzene rings is 1. The molecule has 2 N–H and O–H groups in total. The Morgan fingerprint density at radius 1 is 1.43 bits per heavy atom. The summed E-state index contributed by atoms with van der Waals surface area (Å²) in [6.07, 6.45) is -2.98. The van der Waals surface area contributed by atoms with Crippen molar-refractivity contribution in [3.05, 3.63) is 35.5 Å². The Morgan fingerprint density at radius 2 is 2.19 bits per heavy atom. The minimum atomic E-state index is -4.73. The molecule has 0 bridgehead atoms. The highest BCUT2D eigenvalue weighted by Gasteiger charge is 2.40. The van der Waals surface area contributed by atoms with E-state index < -0.39 is 12.3 Å². The molecule has 1 heterocycles. The van der Waals surface area contributed by atoms with E-state index in [0.29, 0.717) is 12.2 Å². The maximum Gasteiger partial charge on any atom is 0.418 e. The molecule has 114 valence electrons. The second-order valence-electron chi connectivity index (χ2n) is 4.49. The van der Waals surface area contributed by atoms with Crippen molar-refractivity contribution in [1.29, 1.82) is 0 Å². The highest BCUT2D eigenvalue weighted by molar-refractivity contribution is 5.65. The highest BCUT2D eigenvalue weighted by Crippen LogP contribution is 2.37. The molecule has 0 aliphatic carbocycles. The fourth-order valence-corrected chi connectivity index (χ4v) is 1.95. The second kappa shape index (κ2) is 6.17. The van der Waals surface area contributed by atoms with Crippen LogP contribution in [0, 0.1) is 0 Å². The van der Waals surface area contributed by atoms with Crippen LogP contribution in [0.25, 0.3) is 0 Å². The molecular formula is C14H15F3N2O2. The molecule has 0 spiro atoms. The molecule has 7 heteroatoms. The number of halogens is 3. The number of hydrogen-bond acceptors (Lipinski definition) is 4. The molecule has 0 amide bonds. The number of ether oxygens (including phenoxy) is 1. The summed E-state index contributed by atoms with van der Waals surface area (Å²) < 4.78 is 43.1. The zero-order valence-electron chi connectivity index (χ0n) is 11.3. The molecule has 0 fully saturated rings. The third-order valence-corrected chi connectivity index (χ3v) is 3.04. The Labute approximate surface area is 120 Å². The first-order chi connectivity index (χ1) is 9.91. The van der Waals surface area contributed by atoms with E-state index in [0.717, 1.165) is 5.70 Å². The number of hydrogen-bond donors (Lipinski definition) is 2. The van der Waals surface area contributed by atoms with E-state index in [2.05, 4.69) is 10.3 Å². The zero-order chi connectivity index (χ0) is 15.5. The number of rotatable bonds is 5.